The van der Waals surface area contributed by atoms with Gasteiger partial charge in [0.15, 0.2) is 6.17 Å². The van der Waals surface area contributed by atoms with Crippen molar-refractivity contribution >= 4 is 0 Å². The Morgan fingerprint density at radius 1 is 1.16 bits per heavy atom. The zero-order valence-electron chi connectivity index (χ0n) is 13.2. The van der Waals surface area contributed by atoms with Gasteiger partial charge in [0.25, 0.3) is 0 Å². The number of aromatic nitrogens is 1. The third-order valence-corrected chi connectivity index (χ3v) is 3.41. The Hall–Kier alpha value is -1.70. The summed E-state index contributed by atoms with van der Waals surface area (Å²) in [7, 11) is 1.79. The van der Waals surface area contributed by atoms with Gasteiger partial charge < -0.3 is 0 Å². The Labute approximate surface area is 116 Å². The van der Waals surface area contributed by atoms with Crippen molar-refractivity contribution in [2.45, 2.75) is 33.1 Å². The SMILES string of the molecule is [2H]c1cc(F)cc(-c2cc(C(C)(C)C)ccc2C)[n+]1C. The molecule has 1 aromatic carbocycles. The zero-order valence-corrected chi connectivity index (χ0v) is 12.2. The lowest BCUT2D eigenvalue weighted by Crippen LogP contribution is -2.30. The minimum atomic E-state index is -0.372. The molecule has 0 unspecified atom stereocenters. The Bertz CT molecular complexity index is 657. The van der Waals surface area contributed by atoms with Crippen LogP contribution in [0.1, 0.15) is 33.3 Å². The molecular weight excluding hydrogens is 237 g/mol. The first-order valence-corrected chi connectivity index (χ1v) is 6.48. The molecule has 0 N–H and O–H groups in total. The minimum absolute atomic E-state index is 0.0398. The summed E-state index contributed by atoms with van der Waals surface area (Å²) in [6.07, 6.45) is 0.167. The van der Waals surface area contributed by atoms with Crippen molar-refractivity contribution in [3.05, 3.63) is 53.4 Å². The van der Waals surface area contributed by atoms with E-state index in [1.165, 1.54) is 17.7 Å². The van der Waals surface area contributed by atoms with E-state index in [0.29, 0.717) is 0 Å². The van der Waals surface area contributed by atoms with Crippen molar-refractivity contribution in [3.63, 3.8) is 0 Å². The third kappa shape index (κ3) is 2.83. The van der Waals surface area contributed by atoms with E-state index < -0.39 is 0 Å². The van der Waals surface area contributed by atoms with Gasteiger partial charge in [-0.3, -0.25) is 0 Å². The average Bonchev–Trinajstić information content (AvgIpc) is 2.33. The highest BCUT2D eigenvalue weighted by molar-refractivity contribution is 5.62. The number of aryl methyl sites for hydroxylation is 1. The molecule has 2 rings (SSSR count). The van der Waals surface area contributed by atoms with Crippen LogP contribution >= 0.6 is 0 Å². The van der Waals surface area contributed by atoms with E-state index >= 15 is 0 Å². The van der Waals surface area contributed by atoms with Gasteiger partial charge >= 0.3 is 0 Å². The van der Waals surface area contributed by atoms with Gasteiger partial charge in [-0.05, 0) is 29.5 Å². The molecule has 100 valence electrons. The van der Waals surface area contributed by atoms with E-state index in [2.05, 4.69) is 39.0 Å². The van der Waals surface area contributed by atoms with Gasteiger partial charge in [-0.1, -0.05) is 32.9 Å². The molecule has 1 heterocycles. The summed E-state index contributed by atoms with van der Waals surface area (Å²) >= 11 is 0. The largest absolute Gasteiger partial charge is 0.215 e. The van der Waals surface area contributed by atoms with Crippen LogP contribution in [-0.4, -0.2) is 0 Å². The average molecular weight is 259 g/mol. The number of rotatable bonds is 1. The molecule has 0 bridgehead atoms. The Morgan fingerprint density at radius 2 is 1.84 bits per heavy atom. The van der Waals surface area contributed by atoms with Crippen LogP contribution in [0.4, 0.5) is 4.39 Å². The van der Waals surface area contributed by atoms with Gasteiger partial charge in [0, 0.05) is 17.7 Å². The van der Waals surface area contributed by atoms with Crippen LogP contribution in [0.5, 0.6) is 0 Å². The van der Waals surface area contributed by atoms with E-state index in [0.717, 1.165) is 16.8 Å². The highest BCUT2D eigenvalue weighted by Gasteiger charge is 2.19. The monoisotopic (exact) mass is 259 g/mol. The lowest BCUT2D eigenvalue weighted by Gasteiger charge is -2.20. The highest BCUT2D eigenvalue weighted by atomic mass is 19.1. The van der Waals surface area contributed by atoms with Crippen molar-refractivity contribution < 1.29 is 10.3 Å². The number of hydrogen-bond donors (Lipinski definition) is 0. The molecule has 0 atom stereocenters. The maximum atomic E-state index is 13.6. The van der Waals surface area contributed by atoms with Crippen LogP contribution in [0.25, 0.3) is 11.3 Å². The minimum Gasteiger partial charge on any atom is -0.207 e. The van der Waals surface area contributed by atoms with Crippen molar-refractivity contribution in [2.24, 2.45) is 7.05 Å². The van der Waals surface area contributed by atoms with E-state index in [9.17, 15) is 4.39 Å². The molecule has 0 saturated carbocycles. The van der Waals surface area contributed by atoms with Crippen molar-refractivity contribution in [1.29, 1.82) is 0 Å². The van der Waals surface area contributed by atoms with Gasteiger partial charge in [-0.25, -0.2) is 8.96 Å². The predicted molar refractivity (Wildman–Crippen MR) is 76.4 cm³/mol. The molecule has 0 radical (unpaired) electrons. The first kappa shape index (κ1) is 12.3. The van der Waals surface area contributed by atoms with E-state index in [4.69, 9.17) is 1.37 Å². The second-order valence-electron chi connectivity index (χ2n) is 6.03. The summed E-state index contributed by atoms with van der Waals surface area (Å²) in [4.78, 5) is 0. The van der Waals surface area contributed by atoms with Gasteiger partial charge in [0.2, 0.25) is 5.69 Å². The van der Waals surface area contributed by atoms with Crippen LogP contribution in [0.3, 0.4) is 0 Å². The summed E-state index contributed by atoms with van der Waals surface area (Å²) in [6.45, 7) is 8.48. The fraction of sp³-hybridized carbons (Fsp3) is 0.353. The third-order valence-electron chi connectivity index (χ3n) is 3.41. The zero-order chi connectivity index (χ0) is 15.1. The Kier molecular flexibility index (Phi) is 3.09. The molecule has 0 aliphatic carbocycles. The van der Waals surface area contributed by atoms with Crippen molar-refractivity contribution in [2.75, 3.05) is 0 Å². The maximum absolute atomic E-state index is 13.6. The number of hydrogen-bond acceptors (Lipinski definition) is 0. The fourth-order valence-corrected chi connectivity index (χ4v) is 2.12. The summed E-state index contributed by atoms with van der Waals surface area (Å²) in [5, 5.41) is 0. The molecule has 19 heavy (non-hydrogen) atoms. The number of benzene rings is 1. The van der Waals surface area contributed by atoms with Crippen molar-refractivity contribution in [1.82, 2.24) is 0 Å². The molecule has 0 spiro atoms. The molecule has 1 aromatic heterocycles. The Morgan fingerprint density at radius 3 is 2.47 bits per heavy atom. The van der Waals surface area contributed by atoms with Gasteiger partial charge in [0.05, 0.1) is 0 Å². The maximum Gasteiger partial charge on any atom is 0.215 e. The molecule has 0 aliphatic heterocycles. The van der Waals surface area contributed by atoms with E-state index in [1.54, 1.807) is 11.6 Å². The Balaban J connectivity index is 2.70. The highest BCUT2D eigenvalue weighted by Crippen LogP contribution is 2.28. The topological polar surface area (TPSA) is 3.88 Å². The van der Waals surface area contributed by atoms with Gasteiger partial charge in [0.1, 0.15) is 14.2 Å². The van der Waals surface area contributed by atoms with Crippen LogP contribution in [0.15, 0.2) is 36.5 Å². The predicted octanol–water partition coefficient (Wildman–Crippen LogP) is 3.92. The first-order valence-electron chi connectivity index (χ1n) is 6.98. The quantitative estimate of drug-likeness (QED) is 0.683. The molecule has 0 amide bonds. The van der Waals surface area contributed by atoms with Crippen molar-refractivity contribution in [3.8, 4) is 11.3 Å². The summed E-state index contributed by atoms with van der Waals surface area (Å²) < 4.78 is 23.2. The molecular formula is C17H21FN+. The number of halogens is 1. The number of nitrogens with zero attached hydrogens (tertiary/aromatic N) is 1. The van der Waals surface area contributed by atoms with Crippen LogP contribution < -0.4 is 4.57 Å². The molecule has 0 aliphatic rings. The summed E-state index contributed by atoms with van der Waals surface area (Å²) in [5.41, 5.74) is 4.04. The molecule has 2 aromatic rings. The first-order chi connectivity index (χ1) is 9.20. The second kappa shape index (κ2) is 4.76. The standard InChI is InChI=1S/C17H21FN/c1-12-6-7-13(17(2,3)4)10-15(12)16-11-14(18)8-9-19(16)5/h6-11H,1-5H3/q+1/i9D. The molecule has 0 fully saturated rings. The summed E-state index contributed by atoms with van der Waals surface area (Å²) in [6, 6.07) is 8.99. The lowest BCUT2D eigenvalue weighted by atomic mass is 9.85. The number of pyridine rings is 1. The van der Waals surface area contributed by atoms with Crippen LogP contribution in [0, 0.1) is 12.7 Å². The van der Waals surface area contributed by atoms with E-state index in [1.807, 2.05) is 6.92 Å². The van der Waals surface area contributed by atoms with Gasteiger partial charge in [-0.15, -0.1) is 0 Å². The normalized spacial score (nSPS) is 12.4. The van der Waals surface area contributed by atoms with Gasteiger partial charge in [-0.2, -0.15) is 0 Å². The molecule has 1 nitrogen and oxygen atoms in total. The molecule has 0 saturated heterocycles. The fourth-order valence-electron chi connectivity index (χ4n) is 2.12. The smallest absolute Gasteiger partial charge is 0.207 e. The van der Waals surface area contributed by atoms with Crippen LogP contribution in [0.2, 0.25) is 0 Å². The lowest BCUT2D eigenvalue weighted by molar-refractivity contribution is -0.660. The molecule has 2 heteroatoms. The van der Waals surface area contributed by atoms with Crippen LogP contribution in [-0.2, 0) is 12.5 Å². The van der Waals surface area contributed by atoms with E-state index in [-0.39, 0.29) is 17.4 Å². The second-order valence-corrected chi connectivity index (χ2v) is 6.03. The summed E-state index contributed by atoms with van der Waals surface area (Å²) in [5.74, 6) is -0.372.